The van der Waals surface area contributed by atoms with Crippen molar-refractivity contribution in [2.45, 2.75) is 32.1 Å². The minimum atomic E-state index is 0.774. The molecule has 1 nitrogen and oxygen atoms in total. The van der Waals surface area contributed by atoms with E-state index in [0.29, 0.717) is 0 Å². The average Bonchev–Trinajstić information content (AvgIpc) is 2.87. The molecular formula is C11H15N. The summed E-state index contributed by atoms with van der Waals surface area (Å²) in [5.41, 5.74) is 9.65. The molecule has 1 heteroatoms. The maximum Gasteiger partial charge on any atom is 0.0352 e. The molecule has 2 N–H and O–H groups in total. The molecule has 1 aromatic rings. The van der Waals surface area contributed by atoms with Crippen LogP contribution in [-0.4, -0.2) is 0 Å². The number of hydrogen-bond acceptors (Lipinski definition) is 1. The van der Waals surface area contributed by atoms with Crippen LogP contribution in [0.25, 0.3) is 0 Å². The number of benzene rings is 1. The third-order valence-electron chi connectivity index (χ3n) is 2.58. The SMILES string of the molecule is CCc1ccc(C2CC2)c(N)c1. The summed E-state index contributed by atoms with van der Waals surface area (Å²) in [6, 6.07) is 6.52. The lowest BCUT2D eigenvalue weighted by Gasteiger charge is -2.05. The van der Waals surface area contributed by atoms with E-state index >= 15 is 0 Å². The maximum absolute atomic E-state index is 5.94. The number of nitrogens with two attached hydrogens (primary N) is 1. The molecule has 0 amide bonds. The highest BCUT2D eigenvalue weighted by atomic mass is 14.6. The average molecular weight is 161 g/mol. The molecule has 1 aliphatic rings. The molecule has 0 radical (unpaired) electrons. The van der Waals surface area contributed by atoms with E-state index in [0.717, 1.165) is 18.0 Å². The first kappa shape index (κ1) is 7.66. The van der Waals surface area contributed by atoms with Crippen molar-refractivity contribution < 1.29 is 0 Å². The van der Waals surface area contributed by atoms with Crippen LogP contribution in [0.5, 0.6) is 0 Å². The monoisotopic (exact) mass is 161 g/mol. The van der Waals surface area contributed by atoms with Crippen molar-refractivity contribution in [3.05, 3.63) is 29.3 Å². The molecule has 1 saturated carbocycles. The smallest absolute Gasteiger partial charge is 0.0352 e. The summed E-state index contributed by atoms with van der Waals surface area (Å²) in [5, 5.41) is 0. The number of hydrogen-bond donors (Lipinski definition) is 1. The van der Waals surface area contributed by atoms with Gasteiger partial charge in [-0.25, -0.2) is 0 Å². The van der Waals surface area contributed by atoms with Crippen molar-refractivity contribution in [1.82, 2.24) is 0 Å². The van der Waals surface area contributed by atoms with E-state index in [1.807, 2.05) is 0 Å². The van der Waals surface area contributed by atoms with E-state index in [1.165, 1.54) is 24.0 Å². The molecule has 2 rings (SSSR count). The molecule has 0 heterocycles. The summed E-state index contributed by atoms with van der Waals surface area (Å²) < 4.78 is 0. The van der Waals surface area contributed by atoms with Crippen molar-refractivity contribution in [1.29, 1.82) is 0 Å². The van der Waals surface area contributed by atoms with Crippen molar-refractivity contribution in [3.8, 4) is 0 Å². The van der Waals surface area contributed by atoms with E-state index < -0.39 is 0 Å². The minimum absolute atomic E-state index is 0.774. The Kier molecular flexibility index (Phi) is 1.80. The van der Waals surface area contributed by atoms with Gasteiger partial charge in [0.25, 0.3) is 0 Å². The lowest BCUT2D eigenvalue weighted by atomic mass is 10.0. The van der Waals surface area contributed by atoms with Crippen LogP contribution in [0.3, 0.4) is 0 Å². The van der Waals surface area contributed by atoms with E-state index in [9.17, 15) is 0 Å². The first-order valence-electron chi connectivity index (χ1n) is 4.69. The van der Waals surface area contributed by atoms with Crippen LogP contribution in [0.4, 0.5) is 5.69 Å². The van der Waals surface area contributed by atoms with Gasteiger partial charge in [-0.3, -0.25) is 0 Å². The Hall–Kier alpha value is -0.980. The van der Waals surface area contributed by atoms with Crippen molar-refractivity contribution in [2.75, 3.05) is 5.73 Å². The molecule has 0 aliphatic heterocycles. The van der Waals surface area contributed by atoms with Crippen LogP contribution < -0.4 is 5.73 Å². The Morgan fingerprint density at radius 1 is 1.42 bits per heavy atom. The lowest BCUT2D eigenvalue weighted by Crippen LogP contribution is -1.93. The summed E-state index contributed by atoms with van der Waals surface area (Å²) in [4.78, 5) is 0. The van der Waals surface area contributed by atoms with Gasteiger partial charge in [-0.15, -0.1) is 0 Å². The molecule has 0 spiro atoms. The molecule has 12 heavy (non-hydrogen) atoms. The Bertz CT molecular complexity index is 287. The number of nitrogen functional groups attached to an aromatic ring is 1. The van der Waals surface area contributed by atoms with Gasteiger partial charge in [0.05, 0.1) is 0 Å². The molecule has 1 fully saturated rings. The Labute approximate surface area is 73.6 Å². The van der Waals surface area contributed by atoms with Gasteiger partial charge in [-0.1, -0.05) is 19.1 Å². The van der Waals surface area contributed by atoms with Gasteiger partial charge in [-0.05, 0) is 42.4 Å². The second-order valence-electron chi connectivity index (χ2n) is 3.59. The number of aryl methyl sites for hydroxylation is 1. The standard InChI is InChI=1S/C11H15N/c1-2-8-3-6-10(9-4-5-9)11(12)7-8/h3,6-7,9H,2,4-5,12H2,1H3. The highest BCUT2D eigenvalue weighted by Crippen LogP contribution is 2.42. The van der Waals surface area contributed by atoms with E-state index in [4.69, 9.17) is 5.73 Å². The summed E-state index contributed by atoms with van der Waals surface area (Å²) in [6.07, 6.45) is 3.74. The van der Waals surface area contributed by atoms with Crippen LogP contribution in [-0.2, 0) is 6.42 Å². The predicted molar refractivity (Wildman–Crippen MR) is 52.2 cm³/mol. The van der Waals surface area contributed by atoms with Gasteiger partial charge in [0.15, 0.2) is 0 Å². The quantitative estimate of drug-likeness (QED) is 0.663. The van der Waals surface area contributed by atoms with Gasteiger partial charge >= 0.3 is 0 Å². The third-order valence-corrected chi connectivity index (χ3v) is 2.58. The molecule has 0 bridgehead atoms. The largest absolute Gasteiger partial charge is 0.398 e. The van der Waals surface area contributed by atoms with Crippen LogP contribution in [0.2, 0.25) is 0 Å². The Balaban J connectivity index is 2.32. The Morgan fingerprint density at radius 2 is 2.17 bits per heavy atom. The number of anilines is 1. The lowest BCUT2D eigenvalue weighted by molar-refractivity contribution is 1.10. The molecule has 0 unspecified atom stereocenters. The topological polar surface area (TPSA) is 26.0 Å². The summed E-state index contributed by atoms with van der Waals surface area (Å²) >= 11 is 0. The first-order valence-corrected chi connectivity index (χ1v) is 4.69. The van der Waals surface area contributed by atoms with Crippen molar-refractivity contribution >= 4 is 5.69 Å². The number of rotatable bonds is 2. The van der Waals surface area contributed by atoms with Gasteiger partial charge in [-0.2, -0.15) is 0 Å². The normalized spacial score (nSPS) is 16.4. The van der Waals surface area contributed by atoms with Crippen LogP contribution in [0.1, 0.15) is 36.8 Å². The second-order valence-corrected chi connectivity index (χ2v) is 3.59. The molecular weight excluding hydrogens is 146 g/mol. The first-order chi connectivity index (χ1) is 5.81. The highest BCUT2D eigenvalue weighted by molar-refractivity contribution is 5.52. The van der Waals surface area contributed by atoms with Crippen LogP contribution in [0.15, 0.2) is 18.2 Å². The zero-order chi connectivity index (χ0) is 8.55. The Morgan fingerprint density at radius 3 is 2.67 bits per heavy atom. The van der Waals surface area contributed by atoms with Crippen molar-refractivity contribution in [2.24, 2.45) is 0 Å². The molecule has 0 atom stereocenters. The van der Waals surface area contributed by atoms with E-state index in [2.05, 4.69) is 25.1 Å². The second kappa shape index (κ2) is 2.81. The van der Waals surface area contributed by atoms with Gasteiger partial charge in [0, 0.05) is 5.69 Å². The fourth-order valence-electron chi connectivity index (χ4n) is 1.61. The summed E-state index contributed by atoms with van der Waals surface area (Å²) in [5.74, 6) is 0.774. The highest BCUT2D eigenvalue weighted by Gasteiger charge is 2.25. The van der Waals surface area contributed by atoms with E-state index in [1.54, 1.807) is 0 Å². The third kappa shape index (κ3) is 1.31. The van der Waals surface area contributed by atoms with Crippen LogP contribution >= 0.6 is 0 Å². The summed E-state index contributed by atoms with van der Waals surface area (Å²) in [7, 11) is 0. The fraction of sp³-hybridized carbons (Fsp3) is 0.455. The summed E-state index contributed by atoms with van der Waals surface area (Å²) in [6.45, 7) is 2.16. The molecule has 1 aromatic carbocycles. The van der Waals surface area contributed by atoms with Gasteiger partial charge in [0.2, 0.25) is 0 Å². The minimum Gasteiger partial charge on any atom is -0.398 e. The fourth-order valence-corrected chi connectivity index (χ4v) is 1.61. The van der Waals surface area contributed by atoms with E-state index in [-0.39, 0.29) is 0 Å². The molecule has 0 aromatic heterocycles. The molecule has 0 saturated heterocycles. The van der Waals surface area contributed by atoms with Gasteiger partial charge < -0.3 is 5.73 Å². The van der Waals surface area contributed by atoms with Gasteiger partial charge in [0.1, 0.15) is 0 Å². The predicted octanol–water partition coefficient (Wildman–Crippen LogP) is 2.71. The maximum atomic E-state index is 5.94. The molecule has 64 valence electrons. The van der Waals surface area contributed by atoms with Crippen LogP contribution in [0, 0.1) is 0 Å². The van der Waals surface area contributed by atoms with Crippen molar-refractivity contribution in [3.63, 3.8) is 0 Å². The zero-order valence-electron chi connectivity index (χ0n) is 7.51. The molecule has 1 aliphatic carbocycles. The zero-order valence-corrected chi connectivity index (χ0v) is 7.51.